The van der Waals surface area contributed by atoms with Crippen molar-refractivity contribution in [3.05, 3.63) is 17.0 Å². The maximum Gasteiger partial charge on any atom is 0.138 e. The summed E-state index contributed by atoms with van der Waals surface area (Å²) < 4.78 is 5.05. The minimum Gasteiger partial charge on any atom is -0.361 e. The minimum absolute atomic E-state index is 0.194. The van der Waals surface area contributed by atoms with Crippen molar-refractivity contribution in [1.82, 2.24) is 5.16 Å². The van der Waals surface area contributed by atoms with Crippen LogP contribution in [-0.2, 0) is 12.3 Å². The maximum absolute atomic E-state index is 5.76. The Hall–Kier alpha value is 0.0800. The van der Waals surface area contributed by atoms with E-state index in [0.29, 0.717) is 5.88 Å². The van der Waals surface area contributed by atoms with Gasteiger partial charge in [-0.2, -0.15) is 0 Å². The Kier molecular flexibility index (Phi) is 9.37. The van der Waals surface area contributed by atoms with E-state index < -0.39 is 0 Å². The normalized spacial score (nSPS) is 9.67. The van der Waals surface area contributed by atoms with Crippen molar-refractivity contribution >= 4 is 34.8 Å². The molecule has 0 atom stereocenters. The van der Waals surface area contributed by atoms with E-state index in [1.807, 2.05) is 6.92 Å². The molecule has 0 aliphatic carbocycles. The van der Waals surface area contributed by atoms with E-state index in [-0.39, 0.29) is 5.34 Å². The number of alkyl halides is 3. The summed E-state index contributed by atoms with van der Waals surface area (Å²) in [6.45, 7) is 4.06. The Morgan fingerprint density at radius 2 is 1.87 bits per heavy atom. The first-order chi connectivity index (χ1) is 7.21. The van der Waals surface area contributed by atoms with Crippen LogP contribution in [0.1, 0.15) is 36.8 Å². The van der Waals surface area contributed by atoms with Crippen LogP contribution in [0.25, 0.3) is 0 Å². The third kappa shape index (κ3) is 5.64. The second kappa shape index (κ2) is 9.32. The summed E-state index contributed by atoms with van der Waals surface area (Å²) in [6, 6.07) is 0. The topological polar surface area (TPSA) is 26.0 Å². The summed E-state index contributed by atoms with van der Waals surface area (Å²) in [5, 5.41) is 4.16. The van der Waals surface area contributed by atoms with E-state index >= 15 is 0 Å². The molecular formula is C10H16Cl3NO. The Balaban J connectivity index is 0.000000583. The SMILES string of the molecule is CCCCc1noc(C)c1CCl.ClCCl. The second-order valence-corrected chi connectivity index (χ2v) is 4.08. The molecule has 1 heterocycles. The van der Waals surface area contributed by atoms with E-state index in [4.69, 9.17) is 39.3 Å². The predicted molar refractivity (Wildman–Crippen MR) is 66.0 cm³/mol. The van der Waals surface area contributed by atoms with E-state index in [0.717, 1.165) is 29.9 Å². The molecule has 0 unspecified atom stereocenters. The number of halogens is 3. The first-order valence-corrected chi connectivity index (χ1v) is 6.43. The number of aryl methyl sites for hydroxylation is 2. The lowest BCUT2D eigenvalue weighted by atomic mass is 10.1. The number of hydrogen-bond donors (Lipinski definition) is 0. The molecule has 1 aromatic rings. The van der Waals surface area contributed by atoms with Gasteiger partial charge in [0.25, 0.3) is 0 Å². The fourth-order valence-electron chi connectivity index (χ4n) is 1.15. The molecule has 0 saturated heterocycles. The van der Waals surface area contributed by atoms with Crippen LogP contribution < -0.4 is 0 Å². The molecule has 0 aromatic carbocycles. The molecule has 1 aromatic heterocycles. The molecular weight excluding hydrogens is 256 g/mol. The summed E-state index contributed by atoms with van der Waals surface area (Å²) in [6.07, 6.45) is 3.30. The van der Waals surface area contributed by atoms with Gasteiger partial charge in [0, 0.05) is 5.56 Å². The van der Waals surface area contributed by atoms with Gasteiger partial charge in [0.2, 0.25) is 0 Å². The van der Waals surface area contributed by atoms with Gasteiger partial charge in [-0.1, -0.05) is 18.5 Å². The average molecular weight is 273 g/mol. The molecule has 0 bridgehead atoms. The zero-order chi connectivity index (χ0) is 11.7. The van der Waals surface area contributed by atoms with E-state index in [1.165, 1.54) is 6.42 Å². The number of unbranched alkanes of at least 4 members (excludes halogenated alkanes) is 1. The zero-order valence-corrected chi connectivity index (χ0v) is 11.3. The Morgan fingerprint density at radius 3 is 2.33 bits per heavy atom. The van der Waals surface area contributed by atoms with Crippen molar-refractivity contribution in [2.24, 2.45) is 0 Å². The van der Waals surface area contributed by atoms with Gasteiger partial charge in [-0.3, -0.25) is 0 Å². The quantitative estimate of drug-likeness (QED) is 0.755. The molecule has 5 heteroatoms. The largest absolute Gasteiger partial charge is 0.361 e. The van der Waals surface area contributed by atoms with Gasteiger partial charge in [-0.25, -0.2) is 0 Å². The van der Waals surface area contributed by atoms with Gasteiger partial charge in [-0.15, -0.1) is 34.8 Å². The molecule has 0 N–H and O–H groups in total. The lowest BCUT2D eigenvalue weighted by Gasteiger charge is -1.95. The van der Waals surface area contributed by atoms with Crippen LogP contribution >= 0.6 is 34.8 Å². The highest BCUT2D eigenvalue weighted by atomic mass is 35.5. The molecule has 0 aliphatic heterocycles. The first-order valence-electron chi connectivity index (χ1n) is 4.83. The van der Waals surface area contributed by atoms with Gasteiger partial charge in [0.15, 0.2) is 0 Å². The van der Waals surface area contributed by atoms with Gasteiger partial charge >= 0.3 is 0 Å². The van der Waals surface area contributed by atoms with Crippen LogP contribution in [0, 0.1) is 6.92 Å². The van der Waals surface area contributed by atoms with Crippen molar-refractivity contribution < 1.29 is 4.52 Å². The highest BCUT2D eigenvalue weighted by molar-refractivity contribution is 6.40. The lowest BCUT2D eigenvalue weighted by Crippen LogP contribution is -1.90. The van der Waals surface area contributed by atoms with Gasteiger partial charge in [-0.05, 0) is 19.8 Å². The summed E-state index contributed by atoms with van der Waals surface area (Å²) in [7, 11) is 0. The molecule has 0 saturated carbocycles. The van der Waals surface area contributed by atoms with Crippen molar-refractivity contribution in [2.45, 2.75) is 39.0 Å². The summed E-state index contributed by atoms with van der Waals surface area (Å²) in [5.41, 5.74) is 2.11. The molecule has 0 spiro atoms. The van der Waals surface area contributed by atoms with Crippen molar-refractivity contribution in [3.8, 4) is 0 Å². The second-order valence-electron chi connectivity index (χ2n) is 3.00. The summed E-state index contributed by atoms with van der Waals surface area (Å²) >= 11 is 15.3. The van der Waals surface area contributed by atoms with Crippen LogP contribution in [0.15, 0.2) is 4.52 Å². The van der Waals surface area contributed by atoms with Gasteiger partial charge in [0.1, 0.15) is 5.76 Å². The molecule has 0 fully saturated rings. The fraction of sp³-hybridized carbons (Fsp3) is 0.700. The summed E-state index contributed by atoms with van der Waals surface area (Å²) in [4.78, 5) is 0. The number of hydrogen-bond acceptors (Lipinski definition) is 2. The third-order valence-electron chi connectivity index (χ3n) is 1.97. The van der Waals surface area contributed by atoms with E-state index in [9.17, 15) is 0 Å². The van der Waals surface area contributed by atoms with Gasteiger partial charge < -0.3 is 4.52 Å². The summed E-state index contributed by atoms with van der Waals surface area (Å²) in [5.74, 6) is 1.37. The highest BCUT2D eigenvalue weighted by Gasteiger charge is 2.10. The van der Waals surface area contributed by atoms with Crippen molar-refractivity contribution in [2.75, 3.05) is 5.34 Å². The third-order valence-corrected chi connectivity index (χ3v) is 2.23. The zero-order valence-electron chi connectivity index (χ0n) is 9.02. The molecule has 0 radical (unpaired) electrons. The molecule has 0 aliphatic rings. The van der Waals surface area contributed by atoms with Crippen LogP contribution in [-0.4, -0.2) is 10.5 Å². The molecule has 1 rings (SSSR count). The number of aromatic nitrogens is 1. The van der Waals surface area contributed by atoms with Crippen LogP contribution in [0.4, 0.5) is 0 Å². The average Bonchev–Trinajstić information content (AvgIpc) is 2.57. The highest BCUT2D eigenvalue weighted by Crippen LogP contribution is 2.17. The Bertz CT molecular complexity index is 263. The van der Waals surface area contributed by atoms with Crippen molar-refractivity contribution in [1.29, 1.82) is 0 Å². The maximum atomic E-state index is 5.76. The van der Waals surface area contributed by atoms with E-state index in [1.54, 1.807) is 0 Å². The Morgan fingerprint density at radius 1 is 1.27 bits per heavy atom. The van der Waals surface area contributed by atoms with Crippen LogP contribution in [0.2, 0.25) is 0 Å². The lowest BCUT2D eigenvalue weighted by molar-refractivity contribution is 0.389. The molecule has 2 nitrogen and oxygen atoms in total. The number of nitrogens with zero attached hydrogens (tertiary/aromatic N) is 1. The van der Waals surface area contributed by atoms with E-state index in [2.05, 4.69) is 12.1 Å². The Labute approximate surface area is 106 Å². The standard InChI is InChI=1S/C9H14ClNO.CH2Cl2/c1-3-4-5-9-8(6-10)7(2)12-11-9;2-1-3/h3-6H2,1-2H3;1H2. The van der Waals surface area contributed by atoms with Crippen LogP contribution in [0.5, 0.6) is 0 Å². The van der Waals surface area contributed by atoms with Crippen LogP contribution in [0.3, 0.4) is 0 Å². The molecule has 88 valence electrons. The minimum atomic E-state index is 0.194. The van der Waals surface area contributed by atoms with Gasteiger partial charge in [0.05, 0.1) is 16.9 Å². The first kappa shape index (κ1) is 15.1. The molecule has 0 amide bonds. The monoisotopic (exact) mass is 271 g/mol. The fourth-order valence-corrected chi connectivity index (χ4v) is 1.49. The smallest absolute Gasteiger partial charge is 0.138 e. The van der Waals surface area contributed by atoms with Crippen molar-refractivity contribution in [3.63, 3.8) is 0 Å². The predicted octanol–water partition coefficient (Wildman–Crippen LogP) is 4.49. The number of rotatable bonds is 4. The molecule has 15 heavy (non-hydrogen) atoms.